The third-order valence-corrected chi connectivity index (χ3v) is 4.86. The van der Waals surface area contributed by atoms with Gasteiger partial charge in [0.05, 0.1) is 25.3 Å². The van der Waals surface area contributed by atoms with Gasteiger partial charge in [-0.15, -0.1) is 0 Å². The van der Waals surface area contributed by atoms with Crippen LogP contribution in [-0.2, 0) is 16.0 Å². The molecule has 0 aromatic heterocycles. The summed E-state index contributed by atoms with van der Waals surface area (Å²) in [5.41, 5.74) is 1.48. The Morgan fingerprint density at radius 1 is 1.15 bits per heavy atom. The number of nitrogens with zero attached hydrogens (tertiary/aromatic N) is 1. The predicted molar refractivity (Wildman–Crippen MR) is 102 cm³/mol. The number of imide groups is 1. The van der Waals surface area contributed by atoms with E-state index in [9.17, 15) is 9.59 Å². The number of amides is 2. The van der Waals surface area contributed by atoms with Crippen LogP contribution in [0.15, 0.2) is 42.5 Å². The molecule has 1 aliphatic rings. The van der Waals surface area contributed by atoms with Crippen LogP contribution >= 0.6 is 23.2 Å². The maximum absolute atomic E-state index is 12.6. The first kappa shape index (κ1) is 18.7. The number of carbonyl (C=O) groups excluding carboxylic acids is 2. The zero-order valence-corrected chi connectivity index (χ0v) is 15.7. The van der Waals surface area contributed by atoms with E-state index in [1.165, 1.54) is 4.90 Å². The van der Waals surface area contributed by atoms with E-state index in [4.69, 9.17) is 27.9 Å². The lowest BCUT2D eigenvalue weighted by Gasteiger charge is -2.16. The van der Waals surface area contributed by atoms with Crippen molar-refractivity contribution in [3.8, 4) is 5.75 Å². The van der Waals surface area contributed by atoms with Gasteiger partial charge in [0, 0.05) is 10.0 Å². The lowest BCUT2D eigenvalue weighted by Crippen LogP contribution is -2.39. The van der Waals surface area contributed by atoms with Crippen LogP contribution in [0.2, 0.25) is 10.0 Å². The number of anilines is 1. The van der Waals surface area contributed by atoms with Gasteiger partial charge in [-0.3, -0.25) is 9.59 Å². The number of rotatable bonds is 6. The molecule has 5 nitrogen and oxygen atoms in total. The number of hydrogen-bond donors (Lipinski definition) is 1. The molecule has 1 saturated heterocycles. The topological polar surface area (TPSA) is 58.6 Å². The van der Waals surface area contributed by atoms with E-state index in [1.54, 1.807) is 43.5 Å². The van der Waals surface area contributed by atoms with Crippen molar-refractivity contribution in [1.82, 2.24) is 5.32 Å². The fourth-order valence-corrected chi connectivity index (χ4v) is 3.40. The molecule has 2 aromatic carbocycles. The van der Waals surface area contributed by atoms with Crippen molar-refractivity contribution in [3.63, 3.8) is 0 Å². The first-order valence-corrected chi connectivity index (χ1v) is 8.93. The second kappa shape index (κ2) is 8.08. The summed E-state index contributed by atoms with van der Waals surface area (Å²) in [7, 11) is 1.56. The smallest absolute Gasteiger partial charge is 0.251 e. The highest BCUT2D eigenvalue weighted by molar-refractivity contribution is 6.35. The fourth-order valence-electron chi connectivity index (χ4n) is 2.90. The van der Waals surface area contributed by atoms with Crippen LogP contribution in [0.5, 0.6) is 5.75 Å². The monoisotopic (exact) mass is 392 g/mol. The Balaban J connectivity index is 1.61. The number of ether oxygens (including phenoxy) is 1. The molecule has 3 rings (SSSR count). The third kappa shape index (κ3) is 4.01. The van der Waals surface area contributed by atoms with Crippen molar-refractivity contribution < 1.29 is 14.3 Å². The first-order chi connectivity index (χ1) is 12.5. The second-order valence-corrected chi connectivity index (χ2v) is 6.81. The highest BCUT2D eigenvalue weighted by atomic mass is 35.5. The molecule has 7 heteroatoms. The van der Waals surface area contributed by atoms with E-state index < -0.39 is 6.04 Å². The van der Waals surface area contributed by atoms with Crippen LogP contribution in [0.25, 0.3) is 0 Å². The van der Waals surface area contributed by atoms with Gasteiger partial charge in [0.1, 0.15) is 5.75 Å². The van der Waals surface area contributed by atoms with E-state index in [1.807, 2.05) is 6.07 Å². The second-order valence-electron chi connectivity index (χ2n) is 5.96. The molecule has 26 heavy (non-hydrogen) atoms. The summed E-state index contributed by atoms with van der Waals surface area (Å²) < 4.78 is 5.10. The molecule has 1 atom stereocenters. The lowest BCUT2D eigenvalue weighted by atomic mass is 10.1. The Kier molecular flexibility index (Phi) is 5.81. The summed E-state index contributed by atoms with van der Waals surface area (Å²) in [6, 6.07) is 11.6. The number of methoxy groups -OCH3 is 1. The normalized spacial score (nSPS) is 17.0. The molecule has 1 N–H and O–H groups in total. The molecule has 0 radical (unpaired) electrons. The zero-order chi connectivity index (χ0) is 18.7. The Morgan fingerprint density at radius 2 is 1.88 bits per heavy atom. The molecule has 0 aliphatic carbocycles. The summed E-state index contributed by atoms with van der Waals surface area (Å²) in [4.78, 5) is 26.1. The molecular weight excluding hydrogens is 375 g/mol. The van der Waals surface area contributed by atoms with Gasteiger partial charge in [-0.25, -0.2) is 4.90 Å². The molecule has 2 aromatic rings. The molecule has 0 saturated carbocycles. The van der Waals surface area contributed by atoms with Crippen molar-refractivity contribution in [2.24, 2.45) is 0 Å². The van der Waals surface area contributed by atoms with Crippen molar-refractivity contribution in [2.75, 3.05) is 18.6 Å². The first-order valence-electron chi connectivity index (χ1n) is 8.18. The predicted octanol–water partition coefficient (Wildman–Crippen LogP) is 3.47. The molecule has 136 valence electrons. The summed E-state index contributed by atoms with van der Waals surface area (Å²) in [5.74, 6) is 0.201. The summed E-state index contributed by atoms with van der Waals surface area (Å²) in [6.45, 7) is 0.529. The highest BCUT2D eigenvalue weighted by Gasteiger charge is 2.39. The SMILES string of the molecule is COc1ccc(N2C(=O)CC(NCCc3ccc(Cl)cc3Cl)C2=O)cc1. The van der Waals surface area contributed by atoms with Crippen LogP contribution in [-0.4, -0.2) is 31.5 Å². The Hall–Kier alpha value is -2.08. The minimum Gasteiger partial charge on any atom is -0.497 e. The van der Waals surface area contributed by atoms with E-state index in [0.29, 0.717) is 34.4 Å². The minimum atomic E-state index is -0.532. The highest BCUT2D eigenvalue weighted by Crippen LogP contribution is 2.25. The van der Waals surface area contributed by atoms with E-state index >= 15 is 0 Å². The largest absolute Gasteiger partial charge is 0.497 e. The van der Waals surface area contributed by atoms with Gasteiger partial charge in [-0.05, 0) is 54.9 Å². The van der Waals surface area contributed by atoms with Crippen LogP contribution in [0.1, 0.15) is 12.0 Å². The van der Waals surface area contributed by atoms with Gasteiger partial charge in [0.15, 0.2) is 0 Å². The average molecular weight is 393 g/mol. The molecular formula is C19H18Cl2N2O3. The number of hydrogen-bond acceptors (Lipinski definition) is 4. The van der Waals surface area contributed by atoms with Gasteiger partial charge < -0.3 is 10.1 Å². The number of nitrogens with one attached hydrogen (secondary N) is 1. The van der Waals surface area contributed by atoms with E-state index in [2.05, 4.69) is 5.32 Å². The van der Waals surface area contributed by atoms with Gasteiger partial charge >= 0.3 is 0 Å². The quantitative estimate of drug-likeness (QED) is 0.764. The average Bonchev–Trinajstić information content (AvgIpc) is 2.91. The standard InChI is InChI=1S/C19H18Cl2N2O3/c1-26-15-6-4-14(5-7-15)23-18(24)11-17(19(23)25)22-9-8-12-2-3-13(20)10-16(12)21/h2-7,10,17,22H,8-9,11H2,1H3. The van der Waals surface area contributed by atoms with Crippen molar-refractivity contribution in [1.29, 1.82) is 0 Å². The molecule has 1 heterocycles. The van der Waals surface area contributed by atoms with Crippen LogP contribution < -0.4 is 15.0 Å². The van der Waals surface area contributed by atoms with Crippen molar-refractivity contribution in [2.45, 2.75) is 18.9 Å². The maximum Gasteiger partial charge on any atom is 0.251 e. The maximum atomic E-state index is 12.6. The molecule has 1 aliphatic heterocycles. The van der Waals surface area contributed by atoms with Crippen molar-refractivity contribution >= 4 is 40.7 Å². The van der Waals surface area contributed by atoms with Gasteiger partial charge in [-0.1, -0.05) is 29.3 Å². The van der Waals surface area contributed by atoms with Crippen LogP contribution in [0.3, 0.4) is 0 Å². The van der Waals surface area contributed by atoms with E-state index in [0.717, 1.165) is 5.56 Å². The Labute approximate surface area is 161 Å². The summed E-state index contributed by atoms with van der Waals surface area (Å²) in [6.07, 6.45) is 0.774. The van der Waals surface area contributed by atoms with Gasteiger partial charge in [-0.2, -0.15) is 0 Å². The Morgan fingerprint density at radius 3 is 2.54 bits per heavy atom. The number of benzene rings is 2. The summed E-state index contributed by atoms with van der Waals surface area (Å²) in [5, 5.41) is 4.32. The zero-order valence-electron chi connectivity index (χ0n) is 14.2. The molecule has 0 bridgehead atoms. The molecule has 1 fully saturated rings. The van der Waals surface area contributed by atoms with E-state index in [-0.39, 0.29) is 18.2 Å². The minimum absolute atomic E-state index is 0.138. The fraction of sp³-hybridized carbons (Fsp3) is 0.263. The van der Waals surface area contributed by atoms with Crippen molar-refractivity contribution in [3.05, 3.63) is 58.1 Å². The van der Waals surface area contributed by atoms with Gasteiger partial charge in [0.25, 0.3) is 5.91 Å². The van der Waals surface area contributed by atoms with Crippen LogP contribution in [0, 0.1) is 0 Å². The molecule has 0 spiro atoms. The van der Waals surface area contributed by atoms with Gasteiger partial charge in [0.2, 0.25) is 5.91 Å². The van der Waals surface area contributed by atoms with Crippen LogP contribution in [0.4, 0.5) is 5.69 Å². The molecule has 2 amide bonds. The Bertz CT molecular complexity index is 824. The lowest BCUT2D eigenvalue weighted by molar-refractivity contribution is -0.121. The number of carbonyl (C=O) groups is 2. The number of halogens is 2. The summed E-state index contributed by atoms with van der Waals surface area (Å²) >= 11 is 12.0. The molecule has 1 unspecified atom stereocenters. The third-order valence-electron chi connectivity index (χ3n) is 4.28.